The number of rotatable bonds is 4. The quantitative estimate of drug-likeness (QED) is 0.808. The van der Waals surface area contributed by atoms with Crippen molar-refractivity contribution in [2.45, 2.75) is 25.5 Å². The molecule has 1 aliphatic rings. The van der Waals surface area contributed by atoms with E-state index in [1.165, 1.54) is 17.5 Å². The smallest absolute Gasteiger partial charge is 0.0509 e. The predicted octanol–water partition coefficient (Wildman–Crippen LogP) is 3.13. The zero-order valence-electron chi connectivity index (χ0n) is 10.3. The van der Waals surface area contributed by atoms with E-state index in [-0.39, 0.29) is 0 Å². The van der Waals surface area contributed by atoms with E-state index in [2.05, 4.69) is 55.4 Å². The van der Waals surface area contributed by atoms with Crippen LogP contribution in [-0.4, -0.2) is 30.6 Å². The van der Waals surface area contributed by atoms with Crippen LogP contribution in [0.15, 0.2) is 24.3 Å². The molecule has 1 aromatic carbocycles. The van der Waals surface area contributed by atoms with Gasteiger partial charge in [-0.3, -0.25) is 0 Å². The van der Waals surface area contributed by atoms with E-state index in [1.54, 1.807) is 0 Å². The SMILES string of the molecule is CCN(C)CPC1Nc2ccccc2C1C. The summed E-state index contributed by atoms with van der Waals surface area (Å²) in [4.78, 5) is 2.38. The summed E-state index contributed by atoms with van der Waals surface area (Å²) in [5, 5.41) is 3.65. The highest BCUT2D eigenvalue weighted by atomic mass is 31.1. The number of anilines is 1. The van der Waals surface area contributed by atoms with E-state index in [0.717, 1.165) is 15.1 Å². The lowest BCUT2D eigenvalue weighted by Crippen LogP contribution is -2.21. The molecule has 1 aromatic rings. The van der Waals surface area contributed by atoms with Crippen LogP contribution in [0.4, 0.5) is 5.69 Å². The lowest BCUT2D eigenvalue weighted by Gasteiger charge is -2.20. The molecule has 2 nitrogen and oxygen atoms in total. The monoisotopic (exact) mass is 236 g/mol. The first kappa shape index (κ1) is 11.9. The second kappa shape index (κ2) is 5.16. The van der Waals surface area contributed by atoms with Gasteiger partial charge in [-0.25, -0.2) is 0 Å². The van der Waals surface area contributed by atoms with Crippen LogP contribution in [0.25, 0.3) is 0 Å². The van der Waals surface area contributed by atoms with Gasteiger partial charge in [0.05, 0.1) is 5.78 Å². The zero-order chi connectivity index (χ0) is 11.5. The van der Waals surface area contributed by atoms with Crippen molar-refractivity contribution in [3.05, 3.63) is 29.8 Å². The van der Waals surface area contributed by atoms with Crippen LogP contribution < -0.4 is 5.32 Å². The second-order valence-electron chi connectivity index (χ2n) is 4.53. The number of hydrogen-bond acceptors (Lipinski definition) is 2. The minimum absolute atomic E-state index is 0.631. The van der Waals surface area contributed by atoms with Gasteiger partial charge in [-0.15, -0.1) is 0 Å². The van der Waals surface area contributed by atoms with Crippen LogP contribution in [0.1, 0.15) is 25.3 Å². The van der Waals surface area contributed by atoms with Crippen LogP contribution in [-0.2, 0) is 0 Å². The first-order valence-corrected chi connectivity index (χ1v) is 7.28. The maximum absolute atomic E-state index is 3.65. The molecule has 3 heteroatoms. The highest BCUT2D eigenvalue weighted by Crippen LogP contribution is 2.42. The fourth-order valence-corrected chi connectivity index (χ4v) is 3.61. The molecule has 0 radical (unpaired) electrons. The molecule has 0 spiro atoms. The number of fused-ring (bicyclic) bond motifs is 1. The van der Waals surface area contributed by atoms with E-state index in [0.29, 0.717) is 11.7 Å². The van der Waals surface area contributed by atoms with Crippen molar-refractivity contribution < 1.29 is 0 Å². The van der Waals surface area contributed by atoms with Crippen molar-refractivity contribution in [1.29, 1.82) is 0 Å². The first-order valence-electron chi connectivity index (χ1n) is 5.99. The Morgan fingerprint density at radius 1 is 1.38 bits per heavy atom. The minimum atomic E-state index is 0.631. The van der Waals surface area contributed by atoms with Gasteiger partial charge < -0.3 is 10.2 Å². The molecule has 16 heavy (non-hydrogen) atoms. The number of nitrogens with one attached hydrogen (secondary N) is 1. The Kier molecular flexibility index (Phi) is 3.83. The Bertz CT molecular complexity index is 354. The summed E-state index contributed by atoms with van der Waals surface area (Å²) in [5.74, 6) is 1.28. The van der Waals surface area contributed by atoms with Crippen molar-refractivity contribution in [1.82, 2.24) is 4.90 Å². The van der Waals surface area contributed by atoms with Gasteiger partial charge in [0.2, 0.25) is 0 Å². The van der Waals surface area contributed by atoms with Gasteiger partial charge in [-0.2, -0.15) is 0 Å². The number of benzene rings is 1. The highest BCUT2D eigenvalue weighted by Gasteiger charge is 2.27. The van der Waals surface area contributed by atoms with Crippen LogP contribution in [0.2, 0.25) is 0 Å². The molecule has 0 fully saturated rings. The van der Waals surface area contributed by atoms with Gasteiger partial charge in [0.25, 0.3) is 0 Å². The van der Waals surface area contributed by atoms with Gasteiger partial charge >= 0.3 is 0 Å². The Balaban J connectivity index is 1.96. The highest BCUT2D eigenvalue weighted by molar-refractivity contribution is 7.39. The molecule has 3 unspecified atom stereocenters. The fraction of sp³-hybridized carbons (Fsp3) is 0.538. The second-order valence-corrected chi connectivity index (χ2v) is 5.88. The van der Waals surface area contributed by atoms with Gasteiger partial charge in [-0.05, 0) is 25.2 Å². The van der Waals surface area contributed by atoms with Gasteiger partial charge in [0.15, 0.2) is 0 Å². The lowest BCUT2D eigenvalue weighted by molar-refractivity contribution is 0.413. The molecule has 0 saturated carbocycles. The first-order chi connectivity index (χ1) is 7.72. The van der Waals surface area contributed by atoms with Gasteiger partial charge in [0, 0.05) is 17.9 Å². The minimum Gasteiger partial charge on any atom is -0.378 e. The summed E-state index contributed by atoms with van der Waals surface area (Å²) in [7, 11) is 3.16. The van der Waals surface area contributed by atoms with Crippen LogP contribution in [0, 0.1) is 0 Å². The Labute approximate surface area is 100 Å². The molecule has 0 amide bonds. The fourth-order valence-electron chi connectivity index (χ4n) is 2.09. The summed E-state index contributed by atoms with van der Waals surface area (Å²) in [6.45, 7) is 5.69. The van der Waals surface area contributed by atoms with E-state index in [9.17, 15) is 0 Å². The van der Waals surface area contributed by atoms with Crippen molar-refractivity contribution in [2.24, 2.45) is 0 Å². The molecular formula is C13H21N2P. The Hall–Kier alpha value is -0.590. The van der Waals surface area contributed by atoms with E-state index in [1.807, 2.05) is 0 Å². The normalized spacial score (nSPS) is 24.0. The molecular weight excluding hydrogens is 215 g/mol. The number of hydrogen-bond donors (Lipinski definition) is 1. The van der Waals surface area contributed by atoms with E-state index in [4.69, 9.17) is 0 Å². The summed E-state index contributed by atoms with van der Waals surface area (Å²) in [5.41, 5.74) is 2.82. The zero-order valence-corrected chi connectivity index (χ0v) is 11.3. The molecule has 1 aliphatic heterocycles. The summed E-state index contributed by atoms with van der Waals surface area (Å²) >= 11 is 0. The molecule has 1 N–H and O–H groups in total. The molecule has 0 bridgehead atoms. The average molecular weight is 236 g/mol. The third-order valence-electron chi connectivity index (χ3n) is 3.38. The predicted molar refractivity (Wildman–Crippen MR) is 73.8 cm³/mol. The van der Waals surface area contributed by atoms with E-state index >= 15 is 0 Å². The molecule has 3 atom stereocenters. The summed E-state index contributed by atoms with van der Waals surface area (Å²) in [6.07, 6.45) is 1.20. The third kappa shape index (κ3) is 2.39. The Morgan fingerprint density at radius 2 is 2.12 bits per heavy atom. The molecule has 0 aromatic heterocycles. The lowest BCUT2D eigenvalue weighted by atomic mass is 10.0. The van der Waals surface area contributed by atoms with Crippen molar-refractivity contribution in [3.8, 4) is 0 Å². The standard InChI is InChI=1S/C13H21N2P/c1-4-15(3)9-16-13-10(2)11-7-5-6-8-12(11)14-13/h5-8,10,13-14,16H,4,9H2,1-3H3. The van der Waals surface area contributed by atoms with Crippen LogP contribution in [0.3, 0.4) is 0 Å². The summed E-state index contributed by atoms with van der Waals surface area (Å²) < 4.78 is 0. The molecule has 1 heterocycles. The third-order valence-corrected chi connectivity index (χ3v) is 5.19. The number of para-hydroxylation sites is 1. The van der Waals surface area contributed by atoms with Crippen molar-refractivity contribution in [3.63, 3.8) is 0 Å². The molecule has 0 saturated heterocycles. The summed E-state index contributed by atoms with van der Waals surface area (Å²) in [6, 6.07) is 8.70. The van der Waals surface area contributed by atoms with Crippen molar-refractivity contribution >= 4 is 14.3 Å². The Morgan fingerprint density at radius 3 is 2.81 bits per heavy atom. The van der Waals surface area contributed by atoms with Crippen LogP contribution in [0.5, 0.6) is 0 Å². The van der Waals surface area contributed by atoms with Crippen molar-refractivity contribution in [2.75, 3.05) is 25.2 Å². The maximum atomic E-state index is 3.65. The molecule has 2 rings (SSSR count). The maximum Gasteiger partial charge on any atom is 0.0509 e. The van der Waals surface area contributed by atoms with Crippen LogP contribution >= 0.6 is 8.58 Å². The number of nitrogens with zero attached hydrogens (tertiary/aromatic N) is 1. The van der Waals surface area contributed by atoms with Gasteiger partial charge in [-0.1, -0.05) is 40.6 Å². The topological polar surface area (TPSA) is 15.3 Å². The van der Waals surface area contributed by atoms with E-state index < -0.39 is 0 Å². The largest absolute Gasteiger partial charge is 0.378 e. The molecule has 88 valence electrons. The van der Waals surface area contributed by atoms with Gasteiger partial charge in [0.1, 0.15) is 0 Å². The molecule has 0 aliphatic carbocycles. The average Bonchev–Trinajstić information content (AvgIpc) is 2.64.